The topological polar surface area (TPSA) is 32.6 Å². The van der Waals surface area contributed by atoms with Crippen molar-refractivity contribution < 1.29 is 5.21 Å². The normalized spacial score (nSPS) is 11.0. The van der Waals surface area contributed by atoms with Gasteiger partial charge in [0.1, 0.15) is 4.34 Å². The Morgan fingerprint density at radius 3 is 2.67 bits per heavy atom. The molecule has 76 valence electrons. The van der Waals surface area contributed by atoms with Gasteiger partial charge in [-0.2, -0.15) is 0 Å². The van der Waals surface area contributed by atoms with E-state index < -0.39 is 0 Å². The zero-order chi connectivity index (χ0) is 10.7. The lowest BCUT2D eigenvalue weighted by Crippen LogP contribution is -1.75. The highest BCUT2D eigenvalue weighted by Crippen LogP contribution is 2.33. The van der Waals surface area contributed by atoms with Crippen molar-refractivity contribution in [3.63, 3.8) is 0 Å². The maximum absolute atomic E-state index is 8.44. The van der Waals surface area contributed by atoms with Crippen molar-refractivity contribution in [3.05, 3.63) is 46.3 Å². The molecule has 4 heteroatoms. The van der Waals surface area contributed by atoms with Crippen LogP contribution in [0.2, 0.25) is 4.34 Å². The van der Waals surface area contributed by atoms with Crippen LogP contribution in [0.15, 0.2) is 41.6 Å². The van der Waals surface area contributed by atoms with Gasteiger partial charge in [-0.15, -0.1) is 11.3 Å². The second-order valence-corrected chi connectivity index (χ2v) is 4.60. The van der Waals surface area contributed by atoms with E-state index in [0.29, 0.717) is 4.34 Å². The van der Waals surface area contributed by atoms with Crippen LogP contribution in [0.3, 0.4) is 0 Å². The minimum absolute atomic E-state index is 0.631. The lowest BCUT2D eigenvalue weighted by Gasteiger charge is -1.93. The van der Waals surface area contributed by atoms with Gasteiger partial charge in [0.2, 0.25) is 0 Å². The Balaban J connectivity index is 2.43. The molecule has 2 rings (SSSR count). The molecule has 0 spiro atoms. The van der Waals surface area contributed by atoms with Crippen molar-refractivity contribution in [2.75, 3.05) is 0 Å². The first-order valence-electron chi connectivity index (χ1n) is 4.33. The number of rotatable bonds is 2. The molecule has 1 aromatic heterocycles. The number of halogens is 1. The van der Waals surface area contributed by atoms with Crippen LogP contribution in [-0.4, -0.2) is 11.4 Å². The maximum Gasteiger partial charge on any atom is 0.102 e. The highest BCUT2D eigenvalue weighted by molar-refractivity contribution is 7.19. The summed E-state index contributed by atoms with van der Waals surface area (Å²) in [6.45, 7) is 0. The van der Waals surface area contributed by atoms with E-state index in [1.807, 2.05) is 36.4 Å². The fraction of sp³-hybridized carbons (Fsp3) is 0. The molecule has 0 aliphatic rings. The van der Waals surface area contributed by atoms with Gasteiger partial charge in [0, 0.05) is 10.4 Å². The summed E-state index contributed by atoms with van der Waals surface area (Å²) in [6.07, 6.45) is 1.34. The molecule has 0 saturated heterocycles. The lowest BCUT2D eigenvalue weighted by molar-refractivity contribution is 0.322. The van der Waals surface area contributed by atoms with Crippen molar-refractivity contribution in [1.82, 2.24) is 0 Å². The Hall–Kier alpha value is -1.32. The number of nitrogens with zero attached hydrogens (tertiary/aromatic N) is 1. The Kier molecular flexibility index (Phi) is 3.04. The third kappa shape index (κ3) is 2.19. The first-order valence-corrected chi connectivity index (χ1v) is 5.53. The number of thiophene rings is 1. The average Bonchev–Trinajstić information content (AvgIpc) is 2.63. The van der Waals surface area contributed by atoms with Crippen molar-refractivity contribution >= 4 is 29.2 Å². The average molecular weight is 238 g/mol. The summed E-state index contributed by atoms with van der Waals surface area (Å²) in [7, 11) is 0. The summed E-state index contributed by atoms with van der Waals surface area (Å²) in [6, 6.07) is 11.9. The van der Waals surface area contributed by atoms with Crippen LogP contribution in [-0.2, 0) is 0 Å². The Morgan fingerprint density at radius 1 is 1.27 bits per heavy atom. The van der Waals surface area contributed by atoms with Crippen LogP contribution in [0, 0.1) is 0 Å². The van der Waals surface area contributed by atoms with E-state index in [0.717, 1.165) is 16.0 Å². The predicted octanol–water partition coefficient (Wildman–Crippen LogP) is 3.88. The second kappa shape index (κ2) is 4.47. The Morgan fingerprint density at radius 2 is 2.00 bits per heavy atom. The van der Waals surface area contributed by atoms with Gasteiger partial charge in [-0.05, 0) is 11.6 Å². The molecule has 2 aromatic rings. The van der Waals surface area contributed by atoms with E-state index in [9.17, 15) is 0 Å². The van der Waals surface area contributed by atoms with Crippen LogP contribution >= 0.6 is 22.9 Å². The molecule has 1 heterocycles. The lowest BCUT2D eigenvalue weighted by atomic mass is 10.2. The summed E-state index contributed by atoms with van der Waals surface area (Å²) in [4.78, 5) is 1.07. The minimum Gasteiger partial charge on any atom is -0.411 e. The predicted molar refractivity (Wildman–Crippen MR) is 64.1 cm³/mol. The molecule has 15 heavy (non-hydrogen) atoms. The number of benzene rings is 1. The van der Waals surface area contributed by atoms with E-state index in [4.69, 9.17) is 16.8 Å². The van der Waals surface area contributed by atoms with Gasteiger partial charge >= 0.3 is 0 Å². The van der Waals surface area contributed by atoms with Gasteiger partial charge in [-0.1, -0.05) is 47.1 Å². The number of oxime groups is 1. The van der Waals surface area contributed by atoms with Crippen molar-refractivity contribution in [3.8, 4) is 10.4 Å². The van der Waals surface area contributed by atoms with E-state index in [1.165, 1.54) is 17.6 Å². The highest BCUT2D eigenvalue weighted by Gasteiger charge is 2.06. The second-order valence-electron chi connectivity index (χ2n) is 2.95. The zero-order valence-corrected chi connectivity index (χ0v) is 9.29. The van der Waals surface area contributed by atoms with E-state index in [2.05, 4.69) is 5.16 Å². The number of hydrogen-bond donors (Lipinski definition) is 1. The molecule has 0 aliphatic carbocycles. The maximum atomic E-state index is 8.44. The largest absolute Gasteiger partial charge is 0.411 e. The molecule has 0 amide bonds. The summed E-state index contributed by atoms with van der Waals surface area (Å²) in [5.74, 6) is 0. The third-order valence-electron chi connectivity index (χ3n) is 1.97. The Bertz CT molecular complexity index is 479. The van der Waals surface area contributed by atoms with Gasteiger partial charge in [0.15, 0.2) is 0 Å². The van der Waals surface area contributed by atoms with Gasteiger partial charge in [0.05, 0.1) is 6.21 Å². The summed E-state index contributed by atoms with van der Waals surface area (Å²) in [5.41, 5.74) is 1.85. The van der Waals surface area contributed by atoms with E-state index >= 15 is 0 Å². The first kappa shape index (κ1) is 10.2. The molecular weight excluding hydrogens is 230 g/mol. The fourth-order valence-corrected chi connectivity index (χ4v) is 2.49. The van der Waals surface area contributed by atoms with Crippen LogP contribution in [0.4, 0.5) is 0 Å². The molecule has 2 nitrogen and oxygen atoms in total. The molecule has 0 unspecified atom stereocenters. The molecule has 0 bridgehead atoms. The highest BCUT2D eigenvalue weighted by atomic mass is 35.5. The van der Waals surface area contributed by atoms with Gasteiger partial charge < -0.3 is 5.21 Å². The molecule has 0 atom stereocenters. The third-order valence-corrected chi connectivity index (χ3v) is 3.41. The van der Waals surface area contributed by atoms with Crippen molar-refractivity contribution in [2.24, 2.45) is 5.16 Å². The van der Waals surface area contributed by atoms with Crippen LogP contribution in [0.1, 0.15) is 5.56 Å². The van der Waals surface area contributed by atoms with Gasteiger partial charge in [-0.25, -0.2) is 0 Å². The Labute approximate surface area is 96.4 Å². The summed E-state index contributed by atoms with van der Waals surface area (Å²) < 4.78 is 0.631. The number of hydrogen-bond acceptors (Lipinski definition) is 3. The molecular formula is C11H8ClNOS. The summed E-state index contributed by atoms with van der Waals surface area (Å²) in [5, 5.41) is 11.4. The zero-order valence-electron chi connectivity index (χ0n) is 7.72. The smallest absolute Gasteiger partial charge is 0.102 e. The SMILES string of the molecule is O/N=C/c1cc(-c2ccccc2)sc1Cl. The molecule has 0 saturated carbocycles. The van der Waals surface area contributed by atoms with Crippen molar-refractivity contribution in [2.45, 2.75) is 0 Å². The molecule has 0 fully saturated rings. The van der Waals surface area contributed by atoms with Gasteiger partial charge in [0.25, 0.3) is 0 Å². The first-order chi connectivity index (χ1) is 7.31. The van der Waals surface area contributed by atoms with Crippen LogP contribution in [0.25, 0.3) is 10.4 Å². The van der Waals surface area contributed by atoms with Gasteiger partial charge in [-0.3, -0.25) is 0 Å². The monoisotopic (exact) mass is 237 g/mol. The molecule has 0 radical (unpaired) electrons. The van der Waals surface area contributed by atoms with E-state index in [-0.39, 0.29) is 0 Å². The van der Waals surface area contributed by atoms with Crippen LogP contribution in [0.5, 0.6) is 0 Å². The van der Waals surface area contributed by atoms with Crippen LogP contribution < -0.4 is 0 Å². The standard InChI is InChI=1S/C11H8ClNOS/c12-11-9(7-13-14)6-10(15-11)8-4-2-1-3-5-8/h1-7,14H/b13-7+. The molecule has 1 aromatic carbocycles. The van der Waals surface area contributed by atoms with E-state index in [1.54, 1.807) is 0 Å². The minimum atomic E-state index is 0.631. The molecule has 0 aliphatic heterocycles. The molecule has 1 N–H and O–H groups in total. The van der Waals surface area contributed by atoms with Crippen molar-refractivity contribution in [1.29, 1.82) is 0 Å². The summed E-state index contributed by atoms with van der Waals surface area (Å²) >= 11 is 7.46. The fourth-order valence-electron chi connectivity index (χ4n) is 1.28. The quantitative estimate of drug-likeness (QED) is 0.480.